The molecule has 0 amide bonds. The van der Waals surface area contributed by atoms with Gasteiger partial charge in [0, 0.05) is 18.6 Å². The SMILES string of the molecule is CCNC(CCN(C)C)c1cnccn1. The third kappa shape index (κ3) is 4.36. The van der Waals surface area contributed by atoms with Crippen molar-refractivity contribution >= 4 is 0 Å². The Hall–Kier alpha value is -1.00. The van der Waals surface area contributed by atoms with Crippen molar-refractivity contribution in [2.45, 2.75) is 19.4 Å². The zero-order valence-electron chi connectivity index (χ0n) is 9.77. The first-order valence-corrected chi connectivity index (χ1v) is 5.38. The highest BCUT2D eigenvalue weighted by Crippen LogP contribution is 2.12. The molecule has 0 bridgehead atoms. The van der Waals surface area contributed by atoms with E-state index < -0.39 is 0 Å². The van der Waals surface area contributed by atoms with Crippen molar-refractivity contribution < 1.29 is 0 Å². The highest BCUT2D eigenvalue weighted by Gasteiger charge is 2.11. The summed E-state index contributed by atoms with van der Waals surface area (Å²) in [5, 5.41) is 3.43. The summed E-state index contributed by atoms with van der Waals surface area (Å²) in [5.41, 5.74) is 1.03. The summed E-state index contributed by atoms with van der Waals surface area (Å²) in [4.78, 5) is 10.6. The maximum Gasteiger partial charge on any atom is 0.0756 e. The van der Waals surface area contributed by atoms with Crippen LogP contribution in [0.5, 0.6) is 0 Å². The molecule has 0 aliphatic rings. The van der Waals surface area contributed by atoms with E-state index in [-0.39, 0.29) is 0 Å². The van der Waals surface area contributed by atoms with Crippen molar-refractivity contribution in [2.75, 3.05) is 27.2 Å². The van der Waals surface area contributed by atoms with E-state index in [1.165, 1.54) is 0 Å². The number of hydrogen-bond donors (Lipinski definition) is 1. The largest absolute Gasteiger partial charge is 0.309 e. The van der Waals surface area contributed by atoms with Gasteiger partial charge in [-0.1, -0.05) is 6.92 Å². The van der Waals surface area contributed by atoms with Gasteiger partial charge in [0.15, 0.2) is 0 Å². The predicted molar refractivity (Wildman–Crippen MR) is 61.6 cm³/mol. The van der Waals surface area contributed by atoms with Crippen molar-refractivity contribution in [2.24, 2.45) is 0 Å². The summed E-state index contributed by atoms with van der Waals surface area (Å²) < 4.78 is 0. The highest BCUT2D eigenvalue weighted by atomic mass is 15.1. The summed E-state index contributed by atoms with van der Waals surface area (Å²) in [6.07, 6.45) is 6.34. The summed E-state index contributed by atoms with van der Waals surface area (Å²) in [5.74, 6) is 0. The lowest BCUT2D eigenvalue weighted by Gasteiger charge is -2.19. The average Bonchev–Trinajstić information content (AvgIpc) is 2.25. The molecule has 1 aromatic rings. The molecule has 1 heterocycles. The fourth-order valence-electron chi connectivity index (χ4n) is 1.48. The molecule has 0 aromatic carbocycles. The van der Waals surface area contributed by atoms with Crippen LogP contribution in [0.15, 0.2) is 18.6 Å². The standard InChI is InChI=1S/C11H20N4/c1-4-13-10(5-8-15(2)3)11-9-12-6-7-14-11/h6-7,9-10,13H,4-5,8H2,1-3H3. The van der Waals surface area contributed by atoms with Gasteiger partial charge in [0.1, 0.15) is 0 Å². The van der Waals surface area contributed by atoms with Crippen LogP contribution in [0.2, 0.25) is 0 Å². The third-order valence-electron chi connectivity index (χ3n) is 2.26. The Bertz CT molecular complexity index is 261. The Labute approximate surface area is 91.7 Å². The number of rotatable bonds is 6. The maximum atomic E-state index is 4.33. The molecule has 1 aromatic heterocycles. The Morgan fingerprint density at radius 3 is 2.73 bits per heavy atom. The second-order valence-corrected chi connectivity index (χ2v) is 3.83. The quantitative estimate of drug-likeness (QED) is 0.759. The minimum Gasteiger partial charge on any atom is -0.309 e. The lowest BCUT2D eigenvalue weighted by atomic mass is 10.1. The topological polar surface area (TPSA) is 41.0 Å². The molecule has 1 N–H and O–H groups in total. The molecule has 0 radical (unpaired) electrons. The lowest BCUT2D eigenvalue weighted by Crippen LogP contribution is -2.26. The summed E-state index contributed by atoms with van der Waals surface area (Å²) in [6.45, 7) is 4.11. The number of aromatic nitrogens is 2. The Balaban J connectivity index is 2.57. The minimum atomic E-state index is 0.311. The van der Waals surface area contributed by atoms with Crippen molar-refractivity contribution in [3.05, 3.63) is 24.3 Å². The zero-order chi connectivity index (χ0) is 11.1. The van der Waals surface area contributed by atoms with Gasteiger partial charge in [-0.05, 0) is 33.6 Å². The summed E-state index contributed by atoms with van der Waals surface area (Å²) in [6, 6.07) is 0.311. The molecule has 1 rings (SSSR count). The van der Waals surface area contributed by atoms with Gasteiger partial charge in [-0.15, -0.1) is 0 Å². The van der Waals surface area contributed by atoms with Crippen LogP contribution < -0.4 is 5.32 Å². The van der Waals surface area contributed by atoms with Crippen LogP contribution in [-0.4, -0.2) is 42.1 Å². The highest BCUT2D eigenvalue weighted by molar-refractivity contribution is 5.02. The first-order chi connectivity index (χ1) is 7.24. The van der Waals surface area contributed by atoms with E-state index in [9.17, 15) is 0 Å². The Morgan fingerprint density at radius 1 is 1.40 bits per heavy atom. The van der Waals surface area contributed by atoms with Crippen LogP contribution in [-0.2, 0) is 0 Å². The molecule has 1 unspecified atom stereocenters. The number of nitrogens with one attached hydrogen (secondary N) is 1. The van der Waals surface area contributed by atoms with Gasteiger partial charge in [0.25, 0.3) is 0 Å². The zero-order valence-corrected chi connectivity index (χ0v) is 9.77. The molecular formula is C11H20N4. The third-order valence-corrected chi connectivity index (χ3v) is 2.26. The molecule has 0 aliphatic carbocycles. The normalized spacial score (nSPS) is 13.1. The second kappa shape index (κ2) is 6.48. The van der Waals surface area contributed by atoms with Crippen molar-refractivity contribution in [3.63, 3.8) is 0 Å². The predicted octanol–water partition coefficient (Wildman–Crippen LogP) is 1.08. The molecule has 84 valence electrons. The fourth-order valence-corrected chi connectivity index (χ4v) is 1.48. The summed E-state index contributed by atoms with van der Waals surface area (Å²) in [7, 11) is 4.17. The van der Waals surface area contributed by atoms with Crippen molar-refractivity contribution in [1.29, 1.82) is 0 Å². The van der Waals surface area contributed by atoms with Crippen molar-refractivity contribution in [1.82, 2.24) is 20.2 Å². The fraction of sp³-hybridized carbons (Fsp3) is 0.636. The van der Waals surface area contributed by atoms with Crippen LogP contribution in [0.1, 0.15) is 25.1 Å². The van der Waals surface area contributed by atoms with Gasteiger partial charge in [-0.2, -0.15) is 0 Å². The smallest absolute Gasteiger partial charge is 0.0756 e. The van der Waals surface area contributed by atoms with E-state index in [1.54, 1.807) is 12.4 Å². The monoisotopic (exact) mass is 208 g/mol. The van der Waals surface area contributed by atoms with E-state index >= 15 is 0 Å². The molecular weight excluding hydrogens is 188 g/mol. The van der Waals surface area contributed by atoms with Gasteiger partial charge in [-0.25, -0.2) is 0 Å². The number of nitrogens with zero attached hydrogens (tertiary/aromatic N) is 3. The minimum absolute atomic E-state index is 0.311. The van der Waals surface area contributed by atoms with Crippen LogP contribution in [0.3, 0.4) is 0 Å². The van der Waals surface area contributed by atoms with Gasteiger partial charge in [-0.3, -0.25) is 9.97 Å². The van der Waals surface area contributed by atoms with Gasteiger partial charge < -0.3 is 10.2 Å². The van der Waals surface area contributed by atoms with Gasteiger partial charge >= 0.3 is 0 Å². The van der Waals surface area contributed by atoms with Crippen LogP contribution in [0.4, 0.5) is 0 Å². The maximum absolute atomic E-state index is 4.33. The molecule has 0 aliphatic heterocycles. The van der Waals surface area contributed by atoms with E-state index in [1.807, 2.05) is 6.20 Å². The molecule has 1 atom stereocenters. The second-order valence-electron chi connectivity index (χ2n) is 3.83. The van der Waals surface area contributed by atoms with Gasteiger partial charge in [0.2, 0.25) is 0 Å². The van der Waals surface area contributed by atoms with Crippen molar-refractivity contribution in [3.8, 4) is 0 Å². The average molecular weight is 208 g/mol. The molecule has 4 heteroatoms. The molecule has 0 saturated heterocycles. The van der Waals surface area contributed by atoms with Crippen LogP contribution >= 0.6 is 0 Å². The van der Waals surface area contributed by atoms with Gasteiger partial charge in [0.05, 0.1) is 11.7 Å². The van der Waals surface area contributed by atoms with E-state index in [2.05, 4.69) is 41.2 Å². The molecule has 0 saturated carbocycles. The first kappa shape index (κ1) is 12.1. The molecule has 4 nitrogen and oxygen atoms in total. The van der Waals surface area contributed by atoms with E-state index in [0.29, 0.717) is 6.04 Å². The lowest BCUT2D eigenvalue weighted by molar-refractivity contribution is 0.360. The Morgan fingerprint density at radius 2 is 2.20 bits per heavy atom. The molecule has 0 fully saturated rings. The molecule has 0 spiro atoms. The summed E-state index contributed by atoms with van der Waals surface area (Å²) >= 11 is 0. The number of hydrogen-bond acceptors (Lipinski definition) is 4. The van der Waals surface area contributed by atoms with E-state index in [0.717, 1.165) is 25.2 Å². The van der Waals surface area contributed by atoms with E-state index in [4.69, 9.17) is 0 Å². The van der Waals surface area contributed by atoms with Crippen LogP contribution in [0, 0.1) is 0 Å². The van der Waals surface area contributed by atoms with Crippen LogP contribution in [0.25, 0.3) is 0 Å². The first-order valence-electron chi connectivity index (χ1n) is 5.38. The molecule has 15 heavy (non-hydrogen) atoms. The Kier molecular flexibility index (Phi) is 5.21.